The fourth-order valence-electron chi connectivity index (χ4n) is 1.96. The van der Waals surface area contributed by atoms with E-state index >= 15 is 0 Å². The number of nitrogens with zero attached hydrogens (tertiary/aromatic N) is 2. The van der Waals surface area contributed by atoms with Crippen molar-refractivity contribution < 1.29 is 9.13 Å². The lowest BCUT2D eigenvalue weighted by molar-refractivity contribution is 0.415. The second kappa shape index (κ2) is 6.62. The highest BCUT2D eigenvalue weighted by Crippen LogP contribution is 2.22. The van der Waals surface area contributed by atoms with E-state index in [4.69, 9.17) is 4.74 Å². The molecule has 1 heterocycles. The number of halogens is 1. The van der Waals surface area contributed by atoms with Gasteiger partial charge < -0.3 is 4.74 Å². The molecule has 0 spiro atoms. The zero-order valence-corrected chi connectivity index (χ0v) is 12.7. The third kappa shape index (κ3) is 3.46. The average Bonchev–Trinajstić information content (AvgIpc) is 2.57. The summed E-state index contributed by atoms with van der Waals surface area (Å²) in [5.41, 5.74) is 5.51. The first kappa shape index (κ1) is 14.6. The lowest BCUT2D eigenvalue weighted by Crippen LogP contribution is -2.25. The molecule has 0 bridgehead atoms. The normalized spacial score (nSPS) is 16.1. The van der Waals surface area contributed by atoms with Crippen LogP contribution in [0.1, 0.15) is 5.56 Å². The molecule has 4 nitrogen and oxygen atoms in total. The van der Waals surface area contributed by atoms with Gasteiger partial charge in [-0.1, -0.05) is 30.0 Å². The molecule has 0 radical (unpaired) electrons. The highest BCUT2D eigenvalue weighted by Gasteiger charge is 2.13. The van der Waals surface area contributed by atoms with Crippen molar-refractivity contribution in [1.82, 2.24) is 5.43 Å². The van der Waals surface area contributed by atoms with Crippen LogP contribution in [0.15, 0.2) is 58.6 Å². The quantitative estimate of drug-likeness (QED) is 0.942. The number of benzene rings is 2. The molecule has 0 unspecified atom stereocenters. The maximum Gasteiger partial charge on any atom is 0.182 e. The number of hydrogen-bond acceptors (Lipinski definition) is 4. The number of rotatable bonds is 3. The van der Waals surface area contributed by atoms with Crippen LogP contribution in [-0.2, 0) is 0 Å². The molecule has 0 saturated carbocycles. The zero-order chi connectivity index (χ0) is 15.4. The highest BCUT2D eigenvalue weighted by atomic mass is 32.2. The van der Waals surface area contributed by atoms with Crippen LogP contribution in [0.25, 0.3) is 0 Å². The first-order chi connectivity index (χ1) is 10.7. The third-order valence-corrected chi connectivity index (χ3v) is 3.97. The van der Waals surface area contributed by atoms with E-state index in [9.17, 15) is 4.39 Å². The molecule has 2 aromatic carbocycles. The van der Waals surface area contributed by atoms with Crippen LogP contribution < -0.4 is 10.2 Å². The van der Waals surface area contributed by atoms with E-state index in [1.165, 1.54) is 12.1 Å². The molecule has 0 aliphatic carbocycles. The Morgan fingerprint density at radius 1 is 1.23 bits per heavy atom. The minimum Gasteiger partial charge on any atom is -0.497 e. The molecule has 0 atom stereocenters. The monoisotopic (exact) mass is 315 g/mol. The van der Waals surface area contributed by atoms with Crippen molar-refractivity contribution in [2.45, 2.75) is 0 Å². The number of aliphatic imine (C=N–C) groups is 1. The second-order valence-electron chi connectivity index (χ2n) is 4.58. The fraction of sp³-hybridized carbons (Fsp3) is 0.125. The number of ether oxygens (including phenoxy) is 1. The standard InChI is InChI=1S/C16H14FN3OS/c1-21-14-4-2-3-13(9-14)18-16-20-19-15(10-22-16)11-5-7-12(17)8-6-11/h2-9H,10H2,1H3,(H,18,20). The molecule has 0 fully saturated rings. The Morgan fingerprint density at radius 3 is 2.73 bits per heavy atom. The van der Waals surface area contributed by atoms with Gasteiger partial charge in [-0.2, -0.15) is 5.10 Å². The number of hydrazone groups is 1. The van der Waals surface area contributed by atoms with Gasteiger partial charge in [0.15, 0.2) is 5.17 Å². The summed E-state index contributed by atoms with van der Waals surface area (Å²) in [6.07, 6.45) is 0. The van der Waals surface area contributed by atoms with Gasteiger partial charge in [0.05, 0.1) is 18.5 Å². The minimum atomic E-state index is -0.249. The van der Waals surface area contributed by atoms with Crippen LogP contribution in [0.5, 0.6) is 5.75 Å². The van der Waals surface area contributed by atoms with Crippen molar-refractivity contribution in [1.29, 1.82) is 0 Å². The van der Waals surface area contributed by atoms with Gasteiger partial charge in [0, 0.05) is 11.8 Å². The van der Waals surface area contributed by atoms with E-state index in [0.717, 1.165) is 27.9 Å². The number of methoxy groups -OCH3 is 1. The Morgan fingerprint density at radius 2 is 2.05 bits per heavy atom. The molecular formula is C16H14FN3OS. The van der Waals surface area contributed by atoms with E-state index in [0.29, 0.717) is 5.75 Å². The highest BCUT2D eigenvalue weighted by molar-refractivity contribution is 8.14. The predicted octanol–water partition coefficient (Wildman–Crippen LogP) is 3.56. The molecule has 112 valence electrons. The Balaban J connectivity index is 1.74. The van der Waals surface area contributed by atoms with Gasteiger partial charge in [-0.25, -0.2) is 9.38 Å². The van der Waals surface area contributed by atoms with E-state index < -0.39 is 0 Å². The minimum absolute atomic E-state index is 0.249. The Hall–Kier alpha value is -2.34. The van der Waals surface area contributed by atoms with Gasteiger partial charge in [-0.3, -0.25) is 5.43 Å². The van der Waals surface area contributed by atoms with Crippen molar-refractivity contribution in [2.24, 2.45) is 10.1 Å². The Labute approximate surface area is 132 Å². The molecule has 3 rings (SSSR count). The van der Waals surface area contributed by atoms with Crippen LogP contribution in [0.4, 0.5) is 10.1 Å². The number of hydrogen-bond donors (Lipinski definition) is 1. The van der Waals surface area contributed by atoms with Gasteiger partial charge in [0.1, 0.15) is 11.6 Å². The van der Waals surface area contributed by atoms with Crippen LogP contribution >= 0.6 is 11.8 Å². The number of nitrogens with one attached hydrogen (secondary N) is 1. The molecule has 1 aliphatic rings. The molecule has 0 amide bonds. The molecule has 0 aromatic heterocycles. The summed E-state index contributed by atoms with van der Waals surface area (Å²) in [5.74, 6) is 1.20. The summed E-state index contributed by atoms with van der Waals surface area (Å²) in [6, 6.07) is 13.8. The molecule has 0 saturated heterocycles. The topological polar surface area (TPSA) is 46.0 Å². The number of amidine groups is 1. The maximum atomic E-state index is 12.9. The van der Waals surface area contributed by atoms with E-state index in [1.54, 1.807) is 31.0 Å². The molecule has 2 aromatic rings. The first-order valence-electron chi connectivity index (χ1n) is 6.68. The maximum absolute atomic E-state index is 12.9. The van der Waals surface area contributed by atoms with Gasteiger partial charge in [0.2, 0.25) is 0 Å². The largest absolute Gasteiger partial charge is 0.497 e. The van der Waals surface area contributed by atoms with Crippen molar-refractivity contribution in [2.75, 3.05) is 12.9 Å². The lowest BCUT2D eigenvalue weighted by atomic mass is 10.1. The molecule has 1 aliphatic heterocycles. The van der Waals surface area contributed by atoms with Gasteiger partial charge in [0.25, 0.3) is 0 Å². The summed E-state index contributed by atoms with van der Waals surface area (Å²) >= 11 is 1.55. The summed E-state index contributed by atoms with van der Waals surface area (Å²) in [4.78, 5) is 4.49. The Bertz CT molecular complexity index is 728. The van der Waals surface area contributed by atoms with Crippen LogP contribution in [0.2, 0.25) is 0 Å². The number of thioether (sulfide) groups is 1. The lowest BCUT2D eigenvalue weighted by Gasteiger charge is -2.14. The fourth-order valence-corrected chi connectivity index (χ4v) is 2.75. The summed E-state index contributed by atoms with van der Waals surface area (Å²) in [6.45, 7) is 0. The van der Waals surface area contributed by atoms with Gasteiger partial charge in [-0.15, -0.1) is 0 Å². The third-order valence-electron chi connectivity index (χ3n) is 3.09. The average molecular weight is 315 g/mol. The Kier molecular flexibility index (Phi) is 4.39. The zero-order valence-electron chi connectivity index (χ0n) is 11.9. The van der Waals surface area contributed by atoms with Crippen molar-refractivity contribution in [3.63, 3.8) is 0 Å². The van der Waals surface area contributed by atoms with Gasteiger partial charge >= 0.3 is 0 Å². The predicted molar refractivity (Wildman–Crippen MR) is 88.6 cm³/mol. The van der Waals surface area contributed by atoms with Crippen LogP contribution in [-0.4, -0.2) is 23.7 Å². The van der Waals surface area contributed by atoms with Crippen LogP contribution in [0, 0.1) is 5.82 Å². The summed E-state index contributed by atoms with van der Waals surface area (Å²) < 4.78 is 18.1. The SMILES string of the molecule is COc1cccc(N=C2NN=C(c3ccc(F)cc3)CS2)c1. The second-order valence-corrected chi connectivity index (χ2v) is 5.55. The van der Waals surface area contributed by atoms with E-state index in [1.807, 2.05) is 24.3 Å². The first-order valence-corrected chi connectivity index (χ1v) is 7.67. The molecular weight excluding hydrogens is 301 g/mol. The van der Waals surface area contributed by atoms with Crippen molar-refractivity contribution >= 4 is 28.3 Å². The summed E-state index contributed by atoms with van der Waals surface area (Å²) in [5, 5.41) is 5.03. The van der Waals surface area contributed by atoms with E-state index in [2.05, 4.69) is 15.5 Å². The molecule has 6 heteroatoms. The van der Waals surface area contributed by atoms with Crippen molar-refractivity contribution in [3.8, 4) is 5.75 Å². The van der Waals surface area contributed by atoms with Crippen LogP contribution in [0.3, 0.4) is 0 Å². The van der Waals surface area contributed by atoms with Gasteiger partial charge in [-0.05, 0) is 29.8 Å². The van der Waals surface area contributed by atoms with E-state index in [-0.39, 0.29) is 5.82 Å². The smallest absolute Gasteiger partial charge is 0.182 e. The molecule has 22 heavy (non-hydrogen) atoms. The molecule has 1 N–H and O–H groups in total. The summed E-state index contributed by atoms with van der Waals surface area (Å²) in [7, 11) is 1.62. The van der Waals surface area contributed by atoms with Crippen molar-refractivity contribution in [3.05, 3.63) is 59.9 Å².